The molecule has 25 heavy (non-hydrogen) atoms. The van der Waals surface area contributed by atoms with Crippen LogP contribution in [0.3, 0.4) is 0 Å². The van der Waals surface area contributed by atoms with Crippen LogP contribution in [0, 0.1) is 0 Å². The highest BCUT2D eigenvalue weighted by Crippen LogP contribution is 2.26. The molecular weight excluding hydrogens is 318 g/mol. The van der Waals surface area contributed by atoms with Gasteiger partial charge in [-0.3, -0.25) is 4.79 Å². The third-order valence-electron chi connectivity index (χ3n) is 4.29. The number of morpholine rings is 1. The van der Waals surface area contributed by atoms with Gasteiger partial charge >= 0.3 is 0 Å². The lowest BCUT2D eigenvalue weighted by Crippen LogP contribution is -2.36. The Labute approximate surface area is 145 Å². The van der Waals surface area contributed by atoms with Crippen LogP contribution in [0.2, 0.25) is 0 Å². The Morgan fingerprint density at radius 3 is 2.88 bits per heavy atom. The van der Waals surface area contributed by atoms with Crippen LogP contribution in [0.25, 0.3) is 11.1 Å². The van der Waals surface area contributed by atoms with E-state index in [-0.39, 0.29) is 12.3 Å². The molecule has 0 bridgehead atoms. The number of anilines is 2. The van der Waals surface area contributed by atoms with E-state index in [4.69, 9.17) is 9.15 Å². The molecule has 0 spiro atoms. The average Bonchev–Trinajstić information content (AvgIpc) is 3.10. The molecule has 6 nitrogen and oxygen atoms in total. The molecule has 1 aromatic heterocycles. The van der Waals surface area contributed by atoms with Gasteiger partial charge in [0.15, 0.2) is 12.0 Å². The first kappa shape index (κ1) is 15.7. The zero-order chi connectivity index (χ0) is 17.1. The van der Waals surface area contributed by atoms with E-state index in [1.54, 1.807) is 0 Å². The van der Waals surface area contributed by atoms with Gasteiger partial charge in [-0.1, -0.05) is 18.2 Å². The Hall–Kier alpha value is -2.86. The molecule has 0 saturated carbocycles. The van der Waals surface area contributed by atoms with E-state index >= 15 is 0 Å². The molecule has 1 saturated heterocycles. The summed E-state index contributed by atoms with van der Waals surface area (Å²) < 4.78 is 10.7. The highest BCUT2D eigenvalue weighted by atomic mass is 16.5. The van der Waals surface area contributed by atoms with Gasteiger partial charge in [-0.2, -0.15) is 0 Å². The number of carbonyl (C=O) groups excluding carboxylic acids is 1. The van der Waals surface area contributed by atoms with Crippen molar-refractivity contribution in [1.29, 1.82) is 0 Å². The minimum absolute atomic E-state index is 0.0559. The number of carbonyl (C=O) groups is 1. The largest absolute Gasteiger partial charge is 0.443 e. The molecule has 3 aromatic rings. The Morgan fingerprint density at radius 1 is 1.16 bits per heavy atom. The molecule has 0 unspecified atom stereocenters. The summed E-state index contributed by atoms with van der Waals surface area (Å²) in [5.41, 5.74) is 4.24. The molecule has 1 aliphatic rings. The summed E-state index contributed by atoms with van der Waals surface area (Å²) in [5, 5.41) is 3.03. The topological polar surface area (TPSA) is 67.6 Å². The summed E-state index contributed by atoms with van der Waals surface area (Å²) in [5.74, 6) is -0.0559. The number of nitrogens with one attached hydrogen (secondary N) is 1. The van der Waals surface area contributed by atoms with Crippen LogP contribution < -0.4 is 10.2 Å². The van der Waals surface area contributed by atoms with Crippen molar-refractivity contribution < 1.29 is 13.9 Å². The van der Waals surface area contributed by atoms with Crippen LogP contribution in [0.15, 0.2) is 53.3 Å². The predicted octanol–water partition coefficient (Wildman–Crippen LogP) is 2.85. The Kier molecular flexibility index (Phi) is 4.35. The van der Waals surface area contributed by atoms with E-state index in [1.165, 1.54) is 6.39 Å². The monoisotopic (exact) mass is 337 g/mol. The summed E-state index contributed by atoms with van der Waals surface area (Å²) in [4.78, 5) is 18.8. The molecule has 1 fully saturated rings. The van der Waals surface area contributed by atoms with Crippen LogP contribution >= 0.6 is 0 Å². The van der Waals surface area contributed by atoms with Crippen molar-refractivity contribution in [2.75, 3.05) is 36.5 Å². The Balaban J connectivity index is 1.48. The number of aromatic nitrogens is 1. The summed E-state index contributed by atoms with van der Waals surface area (Å²) in [6.45, 7) is 3.07. The van der Waals surface area contributed by atoms with Gasteiger partial charge in [-0.15, -0.1) is 0 Å². The van der Waals surface area contributed by atoms with Crippen molar-refractivity contribution in [3.63, 3.8) is 0 Å². The van der Waals surface area contributed by atoms with E-state index in [0.717, 1.165) is 35.5 Å². The van der Waals surface area contributed by atoms with Crippen LogP contribution in [0.5, 0.6) is 0 Å². The summed E-state index contributed by atoms with van der Waals surface area (Å²) in [6, 6.07) is 13.5. The van der Waals surface area contributed by atoms with Crippen LogP contribution in [0.4, 0.5) is 11.4 Å². The van der Waals surface area contributed by atoms with Gasteiger partial charge in [0, 0.05) is 13.1 Å². The first-order chi connectivity index (χ1) is 12.3. The minimum atomic E-state index is -0.0559. The second kappa shape index (κ2) is 6.94. The van der Waals surface area contributed by atoms with Crippen molar-refractivity contribution in [2.24, 2.45) is 0 Å². The number of hydrogen-bond donors (Lipinski definition) is 1. The van der Waals surface area contributed by atoms with Crippen molar-refractivity contribution in [3.05, 3.63) is 54.4 Å². The van der Waals surface area contributed by atoms with Crippen LogP contribution in [-0.2, 0) is 16.0 Å². The molecule has 2 aromatic carbocycles. The number of hydrogen-bond acceptors (Lipinski definition) is 5. The van der Waals surface area contributed by atoms with Gasteiger partial charge < -0.3 is 19.4 Å². The quantitative estimate of drug-likeness (QED) is 0.793. The first-order valence-electron chi connectivity index (χ1n) is 8.33. The number of benzene rings is 2. The molecule has 128 valence electrons. The number of para-hydroxylation sites is 2. The van der Waals surface area contributed by atoms with Crippen LogP contribution in [-0.4, -0.2) is 37.2 Å². The number of rotatable bonds is 4. The number of amides is 1. The Morgan fingerprint density at radius 2 is 2.00 bits per heavy atom. The van der Waals surface area contributed by atoms with E-state index in [2.05, 4.69) is 15.2 Å². The molecule has 1 aliphatic heterocycles. The highest BCUT2D eigenvalue weighted by molar-refractivity contribution is 5.96. The van der Waals surface area contributed by atoms with Crippen molar-refractivity contribution >= 4 is 28.4 Å². The molecule has 0 radical (unpaired) electrons. The molecule has 0 atom stereocenters. The van der Waals surface area contributed by atoms with Gasteiger partial charge in [-0.25, -0.2) is 4.98 Å². The molecular formula is C19H19N3O3. The maximum atomic E-state index is 12.5. The van der Waals surface area contributed by atoms with E-state index in [9.17, 15) is 4.79 Å². The smallest absolute Gasteiger partial charge is 0.228 e. The van der Waals surface area contributed by atoms with Gasteiger partial charge in [0.1, 0.15) is 5.52 Å². The zero-order valence-electron chi connectivity index (χ0n) is 13.8. The van der Waals surface area contributed by atoms with E-state index in [1.807, 2.05) is 42.5 Å². The van der Waals surface area contributed by atoms with Gasteiger partial charge in [0.2, 0.25) is 5.91 Å². The van der Waals surface area contributed by atoms with Gasteiger partial charge in [0.05, 0.1) is 31.0 Å². The molecule has 4 rings (SSSR count). The van der Waals surface area contributed by atoms with Crippen molar-refractivity contribution in [3.8, 4) is 0 Å². The maximum Gasteiger partial charge on any atom is 0.228 e. The maximum absolute atomic E-state index is 12.5. The SMILES string of the molecule is O=C(Cc1ccc2ncoc2c1)Nc1ccccc1N1CCOCC1. The lowest BCUT2D eigenvalue weighted by molar-refractivity contribution is -0.115. The zero-order valence-corrected chi connectivity index (χ0v) is 13.8. The first-order valence-corrected chi connectivity index (χ1v) is 8.33. The van der Waals surface area contributed by atoms with Gasteiger partial charge in [-0.05, 0) is 29.8 Å². The lowest BCUT2D eigenvalue weighted by atomic mass is 10.1. The van der Waals surface area contributed by atoms with Crippen molar-refractivity contribution in [1.82, 2.24) is 4.98 Å². The third kappa shape index (κ3) is 3.49. The predicted molar refractivity (Wildman–Crippen MR) is 95.8 cm³/mol. The molecule has 0 aliphatic carbocycles. The summed E-state index contributed by atoms with van der Waals surface area (Å²) in [6.07, 6.45) is 1.70. The molecule has 2 heterocycles. The van der Waals surface area contributed by atoms with Crippen molar-refractivity contribution in [2.45, 2.75) is 6.42 Å². The molecule has 1 N–H and O–H groups in total. The summed E-state index contributed by atoms with van der Waals surface area (Å²) >= 11 is 0. The third-order valence-corrected chi connectivity index (χ3v) is 4.29. The fourth-order valence-electron chi connectivity index (χ4n) is 3.05. The van der Waals surface area contributed by atoms with Crippen LogP contribution in [0.1, 0.15) is 5.56 Å². The summed E-state index contributed by atoms with van der Waals surface area (Å²) in [7, 11) is 0. The molecule has 6 heteroatoms. The van der Waals surface area contributed by atoms with E-state index < -0.39 is 0 Å². The van der Waals surface area contributed by atoms with Gasteiger partial charge in [0.25, 0.3) is 0 Å². The number of fused-ring (bicyclic) bond motifs is 1. The van der Waals surface area contributed by atoms with E-state index in [0.29, 0.717) is 18.8 Å². The minimum Gasteiger partial charge on any atom is -0.443 e. The standard InChI is InChI=1S/C19H19N3O3/c23-19(12-14-5-6-16-18(11-14)25-13-20-16)21-15-3-1-2-4-17(15)22-7-9-24-10-8-22/h1-6,11,13H,7-10,12H2,(H,21,23). The second-order valence-electron chi connectivity index (χ2n) is 6.00. The fourth-order valence-corrected chi connectivity index (χ4v) is 3.05. The fraction of sp³-hybridized carbons (Fsp3) is 0.263. The number of ether oxygens (including phenoxy) is 1. The lowest BCUT2D eigenvalue weighted by Gasteiger charge is -2.30. The Bertz CT molecular complexity index is 884. The normalized spacial score (nSPS) is 14.6. The number of oxazole rings is 1. The second-order valence-corrected chi connectivity index (χ2v) is 6.00. The molecule has 1 amide bonds. The average molecular weight is 337 g/mol. The highest BCUT2D eigenvalue weighted by Gasteiger charge is 2.16. The number of nitrogens with zero attached hydrogens (tertiary/aromatic N) is 2.